The highest BCUT2D eigenvalue weighted by molar-refractivity contribution is 7.12. The third kappa shape index (κ3) is 4.00. The average molecular weight is 364 g/mol. The number of rotatable bonds is 5. The fraction of sp³-hybridized carbons (Fsp3) is 0.118. The zero-order valence-corrected chi connectivity index (χ0v) is 14.4. The van der Waals surface area contributed by atoms with E-state index in [2.05, 4.69) is 5.32 Å². The SMILES string of the molecule is O=C(NCc1ccc(C(O)c2cccs2)s1)c1cccc(Cl)c1. The molecule has 2 heterocycles. The number of halogens is 1. The van der Waals surface area contributed by atoms with Gasteiger partial charge in [-0.3, -0.25) is 4.79 Å². The van der Waals surface area contributed by atoms with Gasteiger partial charge in [0.25, 0.3) is 5.91 Å². The lowest BCUT2D eigenvalue weighted by Crippen LogP contribution is -2.22. The topological polar surface area (TPSA) is 49.3 Å². The Hall–Kier alpha value is -1.66. The van der Waals surface area contributed by atoms with Crippen LogP contribution in [0.5, 0.6) is 0 Å². The smallest absolute Gasteiger partial charge is 0.251 e. The summed E-state index contributed by atoms with van der Waals surface area (Å²) < 4.78 is 0. The molecule has 2 aromatic heterocycles. The van der Waals surface area contributed by atoms with Crippen LogP contribution in [0, 0.1) is 0 Å². The summed E-state index contributed by atoms with van der Waals surface area (Å²) in [5.74, 6) is -0.166. The largest absolute Gasteiger partial charge is 0.382 e. The van der Waals surface area contributed by atoms with Crippen molar-refractivity contribution in [3.05, 3.63) is 79.1 Å². The highest BCUT2D eigenvalue weighted by atomic mass is 35.5. The van der Waals surface area contributed by atoms with E-state index in [1.165, 1.54) is 22.7 Å². The Labute approximate surface area is 147 Å². The van der Waals surface area contributed by atoms with E-state index in [-0.39, 0.29) is 5.91 Å². The van der Waals surface area contributed by atoms with Crippen LogP contribution in [0.4, 0.5) is 0 Å². The molecule has 6 heteroatoms. The van der Waals surface area contributed by atoms with Crippen LogP contribution in [0.25, 0.3) is 0 Å². The van der Waals surface area contributed by atoms with Crippen LogP contribution < -0.4 is 5.32 Å². The van der Waals surface area contributed by atoms with Gasteiger partial charge >= 0.3 is 0 Å². The summed E-state index contributed by atoms with van der Waals surface area (Å²) in [5, 5.41) is 15.6. The number of carbonyl (C=O) groups is 1. The molecule has 1 unspecified atom stereocenters. The van der Waals surface area contributed by atoms with Crippen molar-refractivity contribution in [3.63, 3.8) is 0 Å². The number of thiophene rings is 2. The maximum Gasteiger partial charge on any atom is 0.251 e. The molecule has 118 valence electrons. The van der Waals surface area contributed by atoms with Gasteiger partial charge in [-0.1, -0.05) is 23.7 Å². The molecular weight excluding hydrogens is 350 g/mol. The summed E-state index contributed by atoms with van der Waals surface area (Å²) in [6.07, 6.45) is -0.600. The summed E-state index contributed by atoms with van der Waals surface area (Å²) in [6.45, 7) is 0.424. The van der Waals surface area contributed by atoms with Crippen LogP contribution in [-0.4, -0.2) is 11.0 Å². The Bertz CT molecular complexity index is 799. The van der Waals surface area contributed by atoms with Crippen molar-refractivity contribution in [2.45, 2.75) is 12.6 Å². The number of carbonyl (C=O) groups excluding carboxylic acids is 1. The molecule has 1 atom stereocenters. The molecule has 0 spiro atoms. The standard InChI is InChI=1S/C17H14ClNO2S2/c18-12-4-1-3-11(9-12)17(21)19-10-13-6-7-15(23-13)16(20)14-5-2-8-22-14/h1-9,16,20H,10H2,(H,19,21). The second kappa shape index (κ2) is 7.27. The lowest BCUT2D eigenvalue weighted by atomic mass is 10.2. The number of amides is 1. The predicted molar refractivity (Wildman–Crippen MR) is 95.3 cm³/mol. The van der Waals surface area contributed by atoms with E-state index in [1.807, 2.05) is 29.6 Å². The lowest BCUT2D eigenvalue weighted by molar-refractivity contribution is 0.0951. The monoisotopic (exact) mass is 363 g/mol. The van der Waals surface area contributed by atoms with Gasteiger partial charge in [0.1, 0.15) is 6.10 Å². The molecule has 1 amide bonds. The number of nitrogens with one attached hydrogen (secondary N) is 1. The molecule has 2 N–H and O–H groups in total. The third-order valence-electron chi connectivity index (χ3n) is 3.27. The first kappa shape index (κ1) is 16.2. The molecule has 0 bridgehead atoms. The maximum atomic E-state index is 12.1. The molecule has 0 saturated carbocycles. The molecule has 23 heavy (non-hydrogen) atoms. The van der Waals surface area contributed by atoms with Crippen LogP contribution in [0.1, 0.15) is 31.1 Å². The van der Waals surface area contributed by atoms with E-state index >= 15 is 0 Å². The molecule has 0 radical (unpaired) electrons. The fourth-order valence-corrected chi connectivity index (χ4v) is 4.07. The van der Waals surface area contributed by atoms with Crippen molar-refractivity contribution in [2.24, 2.45) is 0 Å². The summed E-state index contributed by atoms with van der Waals surface area (Å²) in [4.78, 5) is 14.9. The van der Waals surface area contributed by atoms with E-state index in [4.69, 9.17) is 11.6 Å². The van der Waals surface area contributed by atoms with Gasteiger partial charge in [0.05, 0.1) is 6.54 Å². The molecule has 0 fully saturated rings. The van der Waals surface area contributed by atoms with Crippen molar-refractivity contribution < 1.29 is 9.90 Å². The van der Waals surface area contributed by atoms with Crippen LogP contribution in [-0.2, 0) is 6.54 Å². The molecule has 0 aliphatic heterocycles. The van der Waals surface area contributed by atoms with Gasteiger partial charge in [-0.25, -0.2) is 0 Å². The lowest BCUT2D eigenvalue weighted by Gasteiger charge is -2.05. The Kier molecular flexibility index (Phi) is 5.13. The first-order chi connectivity index (χ1) is 11.1. The van der Waals surface area contributed by atoms with Gasteiger partial charge in [-0.05, 0) is 41.8 Å². The highest BCUT2D eigenvalue weighted by Gasteiger charge is 2.14. The Morgan fingerprint density at radius 1 is 1.17 bits per heavy atom. The fourth-order valence-electron chi connectivity index (χ4n) is 2.12. The van der Waals surface area contributed by atoms with Gasteiger partial charge in [-0.2, -0.15) is 0 Å². The molecular formula is C17H14ClNO2S2. The first-order valence-electron chi connectivity index (χ1n) is 6.97. The molecule has 3 rings (SSSR count). The second-order valence-corrected chi connectivity index (χ2v) is 7.53. The molecule has 1 aromatic carbocycles. The highest BCUT2D eigenvalue weighted by Crippen LogP contribution is 2.30. The second-order valence-electron chi connectivity index (χ2n) is 4.92. The van der Waals surface area contributed by atoms with Crippen molar-refractivity contribution >= 4 is 40.2 Å². The Morgan fingerprint density at radius 3 is 2.78 bits per heavy atom. The van der Waals surface area contributed by atoms with Gasteiger partial charge < -0.3 is 10.4 Å². The normalized spacial score (nSPS) is 12.1. The summed E-state index contributed by atoms with van der Waals surface area (Å²) >= 11 is 8.91. The molecule has 3 nitrogen and oxygen atoms in total. The van der Waals surface area contributed by atoms with Crippen LogP contribution in [0.3, 0.4) is 0 Å². The van der Waals surface area contributed by atoms with Crippen LogP contribution >= 0.6 is 34.3 Å². The summed E-state index contributed by atoms with van der Waals surface area (Å²) in [7, 11) is 0. The minimum Gasteiger partial charge on any atom is -0.382 e. The van der Waals surface area contributed by atoms with Crippen molar-refractivity contribution in [3.8, 4) is 0 Å². The van der Waals surface area contributed by atoms with Crippen molar-refractivity contribution in [1.29, 1.82) is 0 Å². The summed E-state index contributed by atoms with van der Waals surface area (Å²) in [5.41, 5.74) is 0.535. The number of aliphatic hydroxyl groups excluding tert-OH is 1. The Balaban J connectivity index is 1.62. The summed E-state index contributed by atoms with van der Waals surface area (Å²) in [6, 6.07) is 14.5. The Morgan fingerprint density at radius 2 is 2.04 bits per heavy atom. The van der Waals surface area contributed by atoms with E-state index in [0.717, 1.165) is 14.6 Å². The van der Waals surface area contributed by atoms with Gasteiger partial charge in [-0.15, -0.1) is 22.7 Å². The van der Waals surface area contributed by atoms with E-state index in [1.54, 1.807) is 24.3 Å². The van der Waals surface area contributed by atoms with Crippen molar-refractivity contribution in [2.75, 3.05) is 0 Å². The quantitative estimate of drug-likeness (QED) is 0.702. The number of hydrogen-bond donors (Lipinski definition) is 2. The van der Waals surface area contributed by atoms with E-state index < -0.39 is 6.10 Å². The number of aliphatic hydroxyl groups is 1. The predicted octanol–water partition coefficient (Wildman–Crippen LogP) is 4.47. The average Bonchev–Trinajstić information content (AvgIpc) is 3.23. The molecule has 0 saturated heterocycles. The minimum absolute atomic E-state index is 0.166. The van der Waals surface area contributed by atoms with Crippen LogP contribution in [0.2, 0.25) is 5.02 Å². The first-order valence-corrected chi connectivity index (χ1v) is 9.05. The molecule has 3 aromatic rings. The minimum atomic E-state index is -0.600. The number of hydrogen-bond acceptors (Lipinski definition) is 4. The third-order valence-corrected chi connectivity index (χ3v) is 5.57. The van der Waals surface area contributed by atoms with Gasteiger partial charge in [0.2, 0.25) is 0 Å². The van der Waals surface area contributed by atoms with Gasteiger partial charge in [0, 0.05) is 25.2 Å². The van der Waals surface area contributed by atoms with Crippen molar-refractivity contribution in [1.82, 2.24) is 5.32 Å². The zero-order valence-electron chi connectivity index (χ0n) is 12.0. The molecule has 0 aliphatic carbocycles. The van der Waals surface area contributed by atoms with Crippen LogP contribution in [0.15, 0.2) is 53.9 Å². The maximum absolute atomic E-state index is 12.1. The zero-order chi connectivity index (χ0) is 16.2. The van der Waals surface area contributed by atoms with E-state index in [9.17, 15) is 9.90 Å². The van der Waals surface area contributed by atoms with Gasteiger partial charge in [0.15, 0.2) is 0 Å². The van der Waals surface area contributed by atoms with E-state index in [0.29, 0.717) is 17.1 Å². The number of benzene rings is 1. The molecule has 0 aliphatic rings.